The molecule has 0 aliphatic heterocycles. The summed E-state index contributed by atoms with van der Waals surface area (Å²) in [6.45, 7) is 5.54. The van der Waals surface area contributed by atoms with Crippen molar-refractivity contribution >= 4 is 23.4 Å². The summed E-state index contributed by atoms with van der Waals surface area (Å²) in [7, 11) is 0. The fourth-order valence-corrected chi connectivity index (χ4v) is 3.05. The van der Waals surface area contributed by atoms with Gasteiger partial charge in [-0.2, -0.15) is 5.26 Å². The van der Waals surface area contributed by atoms with Crippen molar-refractivity contribution in [3.05, 3.63) is 28.8 Å². The lowest BCUT2D eigenvalue weighted by Gasteiger charge is -2.31. The van der Waals surface area contributed by atoms with Gasteiger partial charge in [-0.1, -0.05) is 11.6 Å². The number of nitriles is 1. The van der Waals surface area contributed by atoms with Gasteiger partial charge in [-0.3, -0.25) is 0 Å². The molecule has 0 spiro atoms. The molecule has 0 aromatic heterocycles. The van der Waals surface area contributed by atoms with Crippen molar-refractivity contribution in [3.63, 3.8) is 0 Å². The molecule has 1 aromatic carbocycles. The van der Waals surface area contributed by atoms with Crippen LogP contribution in [0.25, 0.3) is 0 Å². The summed E-state index contributed by atoms with van der Waals surface area (Å²) in [5.41, 5.74) is 0.813. The first-order valence-electron chi connectivity index (χ1n) is 8.22. The highest BCUT2D eigenvalue weighted by Crippen LogP contribution is 2.26. The van der Waals surface area contributed by atoms with Crippen molar-refractivity contribution < 1.29 is 9.53 Å². The maximum atomic E-state index is 11.9. The van der Waals surface area contributed by atoms with Gasteiger partial charge in [0, 0.05) is 17.1 Å². The lowest BCUT2D eigenvalue weighted by molar-refractivity contribution is 0.0492. The predicted molar refractivity (Wildman–Crippen MR) is 95.2 cm³/mol. The Morgan fingerprint density at radius 1 is 1.33 bits per heavy atom. The van der Waals surface area contributed by atoms with Crippen LogP contribution in [0.4, 0.5) is 10.5 Å². The number of rotatable bonds is 3. The predicted octanol–water partition coefficient (Wildman–Crippen LogP) is 4.46. The fourth-order valence-electron chi connectivity index (χ4n) is 2.88. The third kappa shape index (κ3) is 5.61. The number of alkyl carbamates (subject to hydrolysis) is 1. The number of hydrogen-bond donors (Lipinski definition) is 2. The topological polar surface area (TPSA) is 74.2 Å². The monoisotopic (exact) mass is 349 g/mol. The van der Waals surface area contributed by atoms with Crippen LogP contribution in [0, 0.1) is 11.3 Å². The molecule has 0 radical (unpaired) electrons. The van der Waals surface area contributed by atoms with Crippen LogP contribution >= 0.6 is 11.6 Å². The Bertz CT molecular complexity index is 634. The molecular weight excluding hydrogens is 326 g/mol. The molecule has 5 nitrogen and oxygen atoms in total. The van der Waals surface area contributed by atoms with Crippen LogP contribution in [0.1, 0.15) is 52.0 Å². The number of nitrogens with one attached hydrogen (secondary N) is 2. The van der Waals surface area contributed by atoms with E-state index < -0.39 is 5.60 Å². The van der Waals surface area contributed by atoms with E-state index in [1.807, 2.05) is 20.8 Å². The summed E-state index contributed by atoms with van der Waals surface area (Å²) in [4.78, 5) is 11.9. The SMILES string of the molecule is CC(C)(C)OC(=O)NC1CCCC(Nc2cc(Cl)ccc2C#N)C1. The molecule has 2 unspecified atom stereocenters. The van der Waals surface area contributed by atoms with Crippen LogP contribution in [0.2, 0.25) is 5.02 Å². The molecule has 130 valence electrons. The second kappa shape index (κ2) is 7.76. The molecule has 1 amide bonds. The minimum atomic E-state index is -0.501. The molecule has 1 aliphatic carbocycles. The molecule has 1 aromatic rings. The van der Waals surface area contributed by atoms with Crippen LogP contribution < -0.4 is 10.6 Å². The van der Waals surface area contributed by atoms with Crippen molar-refractivity contribution in [2.75, 3.05) is 5.32 Å². The average molecular weight is 350 g/mol. The first kappa shape index (κ1) is 18.4. The van der Waals surface area contributed by atoms with Crippen LogP contribution in [-0.2, 0) is 4.74 Å². The van der Waals surface area contributed by atoms with E-state index in [-0.39, 0.29) is 18.2 Å². The second-order valence-electron chi connectivity index (χ2n) is 7.15. The Hall–Kier alpha value is -1.93. The van der Waals surface area contributed by atoms with E-state index in [9.17, 15) is 10.1 Å². The van der Waals surface area contributed by atoms with Crippen molar-refractivity contribution in [3.8, 4) is 6.07 Å². The zero-order chi connectivity index (χ0) is 17.7. The number of carbonyl (C=O) groups excluding carboxylic acids is 1. The van der Waals surface area contributed by atoms with Gasteiger partial charge in [-0.05, 0) is 64.7 Å². The summed E-state index contributed by atoms with van der Waals surface area (Å²) in [5, 5.41) is 16.1. The number of carbonyl (C=O) groups is 1. The van der Waals surface area contributed by atoms with Crippen molar-refractivity contribution in [2.45, 2.75) is 64.1 Å². The third-order valence-corrected chi connectivity index (χ3v) is 4.09. The Labute approximate surface area is 148 Å². The van der Waals surface area contributed by atoms with Crippen molar-refractivity contribution in [1.82, 2.24) is 5.32 Å². The summed E-state index contributed by atoms with van der Waals surface area (Å²) in [6, 6.07) is 7.61. The number of ether oxygens (including phenoxy) is 1. The highest BCUT2D eigenvalue weighted by Gasteiger charge is 2.25. The van der Waals surface area contributed by atoms with Crippen molar-refractivity contribution in [1.29, 1.82) is 5.26 Å². The molecule has 2 atom stereocenters. The first-order chi connectivity index (χ1) is 11.3. The van der Waals surface area contributed by atoms with Gasteiger partial charge in [0.25, 0.3) is 0 Å². The molecule has 0 saturated heterocycles. The van der Waals surface area contributed by atoms with E-state index in [0.717, 1.165) is 31.4 Å². The van der Waals surface area contributed by atoms with Gasteiger partial charge in [0.15, 0.2) is 0 Å². The quantitative estimate of drug-likeness (QED) is 0.844. The molecule has 24 heavy (non-hydrogen) atoms. The number of halogens is 1. The molecule has 0 heterocycles. The average Bonchev–Trinajstić information content (AvgIpc) is 2.45. The Kier molecular flexibility index (Phi) is 5.95. The van der Waals surface area contributed by atoms with Gasteiger partial charge in [-0.25, -0.2) is 4.79 Å². The molecule has 6 heteroatoms. The van der Waals surface area contributed by atoms with Gasteiger partial charge in [-0.15, -0.1) is 0 Å². The van der Waals surface area contributed by atoms with Gasteiger partial charge in [0.2, 0.25) is 0 Å². The molecular formula is C18H24ClN3O2. The minimum absolute atomic E-state index is 0.0656. The first-order valence-corrected chi connectivity index (χ1v) is 8.60. The van der Waals surface area contributed by atoms with E-state index in [0.29, 0.717) is 10.6 Å². The number of amides is 1. The van der Waals surface area contributed by atoms with Gasteiger partial charge < -0.3 is 15.4 Å². The van der Waals surface area contributed by atoms with Crippen molar-refractivity contribution in [2.24, 2.45) is 0 Å². The second-order valence-corrected chi connectivity index (χ2v) is 7.59. The third-order valence-electron chi connectivity index (χ3n) is 3.86. The largest absolute Gasteiger partial charge is 0.444 e. The van der Waals surface area contributed by atoms with Gasteiger partial charge >= 0.3 is 6.09 Å². The molecule has 1 fully saturated rings. The van der Waals surface area contributed by atoms with Crippen LogP contribution in [0.5, 0.6) is 0 Å². The molecule has 1 aliphatic rings. The maximum Gasteiger partial charge on any atom is 0.407 e. The highest BCUT2D eigenvalue weighted by molar-refractivity contribution is 6.30. The lowest BCUT2D eigenvalue weighted by Crippen LogP contribution is -2.43. The van der Waals surface area contributed by atoms with Gasteiger partial charge in [0.05, 0.1) is 11.3 Å². The summed E-state index contributed by atoms with van der Waals surface area (Å²) in [5.74, 6) is 0. The highest BCUT2D eigenvalue weighted by atomic mass is 35.5. The number of anilines is 1. The van der Waals surface area contributed by atoms with E-state index in [2.05, 4.69) is 16.7 Å². The molecule has 2 N–H and O–H groups in total. The zero-order valence-electron chi connectivity index (χ0n) is 14.4. The van der Waals surface area contributed by atoms with Gasteiger partial charge in [0.1, 0.15) is 11.7 Å². The lowest BCUT2D eigenvalue weighted by atomic mass is 9.90. The minimum Gasteiger partial charge on any atom is -0.444 e. The normalized spacial score (nSPS) is 20.8. The van der Waals surface area contributed by atoms with E-state index >= 15 is 0 Å². The maximum absolute atomic E-state index is 11.9. The molecule has 1 saturated carbocycles. The Morgan fingerprint density at radius 3 is 2.71 bits per heavy atom. The van der Waals surface area contributed by atoms with E-state index in [4.69, 9.17) is 16.3 Å². The van der Waals surface area contributed by atoms with Crippen LogP contribution in [0.3, 0.4) is 0 Å². The van der Waals surface area contributed by atoms with Crippen LogP contribution in [-0.4, -0.2) is 23.8 Å². The number of nitrogens with zero attached hydrogens (tertiary/aromatic N) is 1. The Balaban J connectivity index is 1.95. The van der Waals surface area contributed by atoms with E-state index in [1.165, 1.54) is 0 Å². The molecule has 2 rings (SSSR count). The fraction of sp³-hybridized carbons (Fsp3) is 0.556. The smallest absolute Gasteiger partial charge is 0.407 e. The van der Waals surface area contributed by atoms with E-state index in [1.54, 1.807) is 18.2 Å². The molecule has 0 bridgehead atoms. The Morgan fingerprint density at radius 2 is 2.04 bits per heavy atom. The number of hydrogen-bond acceptors (Lipinski definition) is 4. The standard InChI is InChI=1S/C18H24ClN3O2/c1-18(2,3)24-17(23)22-15-6-4-5-14(10-15)21-16-9-13(19)8-7-12(16)11-20/h7-9,14-15,21H,4-6,10H2,1-3H3,(H,22,23). The summed E-state index contributed by atoms with van der Waals surface area (Å²) < 4.78 is 5.32. The zero-order valence-corrected chi connectivity index (χ0v) is 15.1. The summed E-state index contributed by atoms with van der Waals surface area (Å²) in [6.07, 6.45) is 3.33. The number of benzene rings is 1. The van der Waals surface area contributed by atoms with Crippen LogP contribution in [0.15, 0.2) is 18.2 Å². The summed E-state index contributed by atoms with van der Waals surface area (Å²) >= 11 is 6.03.